The Morgan fingerprint density at radius 3 is 2.56 bits per heavy atom. The van der Waals surface area contributed by atoms with Crippen LogP contribution in [0.3, 0.4) is 0 Å². The number of nitro benzene ring substituents is 1. The molecule has 96 valence electrons. The van der Waals surface area contributed by atoms with E-state index in [2.05, 4.69) is 0 Å². The minimum atomic E-state index is -0.443. The molecule has 0 heterocycles. The number of non-ortho nitro benzene ring substituents is 1. The number of Topliss-reactive ketones (excluding diaryl/α,β-unsaturated/α-hetero) is 1. The summed E-state index contributed by atoms with van der Waals surface area (Å²) in [5.74, 6) is 0.0810. The van der Waals surface area contributed by atoms with Crippen molar-refractivity contribution in [3.8, 4) is 0 Å². The van der Waals surface area contributed by atoms with Crippen molar-refractivity contribution in [2.75, 3.05) is 0 Å². The molecule has 0 radical (unpaired) electrons. The fourth-order valence-corrected chi connectivity index (χ4v) is 2.81. The van der Waals surface area contributed by atoms with Gasteiger partial charge in [0.05, 0.1) is 4.92 Å². The molecule has 0 bridgehead atoms. The van der Waals surface area contributed by atoms with Crippen molar-refractivity contribution in [3.63, 3.8) is 0 Å². The molecule has 0 saturated carbocycles. The minimum absolute atomic E-state index is 0.00473. The molecular weight excluding hydrogens is 230 g/mol. The number of nitrogens with zero attached hydrogens (tertiary/aromatic N) is 1. The monoisotopic (exact) mass is 247 g/mol. The molecule has 18 heavy (non-hydrogen) atoms. The molecule has 0 fully saturated rings. The lowest BCUT2D eigenvalue weighted by molar-refractivity contribution is -0.384. The van der Waals surface area contributed by atoms with Gasteiger partial charge in [0.2, 0.25) is 0 Å². The normalized spacial score (nSPS) is 17.3. The van der Waals surface area contributed by atoms with Crippen LogP contribution in [0.15, 0.2) is 18.2 Å². The highest BCUT2D eigenvalue weighted by Gasteiger charge is 2.39. The number of hydrogen-bond donors (Lipinski definition) is 0. The fraction of sp³-hybridized carbons (Fsp3) is 0.500. The molecule has 0 spiro atoms. The van der Waals surface area contributed by atoms with Gasteiger partial charge in [-0.2, -0.15) is 0 Å². The fourth-order valence-electron chi connectivity index (χ4n) is 2.81. The first kappa shape index (κ1) is 12.7. The number of rotatable bonds is 3. The number of fused-ring (bicyclic) bond motifs is 1. The zero-order valence-electron chi connectivity index (χ0n) is 10.7. The first-order valence-corrected chi connectivity index (χ1v) is 6.36. The highest BCUT2D eigenvalue weighted by atomic mass is 16.6. The quantitative estimate of drug-likeness (QED) is 0.606. The highest BCUT2D eigenvalue weighted by molar-refractivity contribution is 6.03. The second-order valence-corrected chi connectivity index (χ2v) is 4.92. The zero-order chi connectivity index (χ0) is 13.3. The Bertz CT molecular complexity index is 504. The molecule has 1 aliphatic rings. The average Bonchev–Trinajstić information content (AvgIpc) is 2.39. The van der Waals surface area contributed by atoms with Crippen LogP contribution >= 0.6 is 0 Å². The molecule has 4 nitrogen and oxygen atoms in total. The number of carbonyl (C=O) groups excluding carboxylic acids is 1. The van der Waals surface area contributed by atoms with Crippen molar-refractivity contribution in [1.82, 2.24) is 0 Å². The Morgan fingerprint density at radius 1 is 1.33 bits per heavy atom. The van der Waals surface area contributed by atoms with Crippen LogP contribution < -0.4 is 0 Å². The topological polar surface area (TPSA) is 60.2 Å². The summed E-state index contributed by atoms with van der Waals surface area (Å²) >= 11 is 0. The second-order valence-electron chi connectivity index (χ2n) is 4.92. The first-order chi connectivity index (χ1) is 8.54. The van der Waals surface area contributed by atoms with Crippen molar-refractivity contribution in [2.45, 2.75) is 39.5 Å². The number of aryl methyl sites for hydroxylation is 1. The Hall–Kier alpha value is -1.71. The number of benzene rings is 1. The van der Waals surface area contributed by atoms with Crippen LogP contribution in [0.25, 0.3) is 0 Å². The molecule has 0 atom stereocenters. The van der Waals surface area contributed by atoms with Gasteiger partial charge < -0.3 is 0 Å². The summed E-state index contributed by atoms with van der Waals surface area (Å²) in [5, 5.41) is 10.8. The van der Waals surface area contributed by atoms with Gasteiger partial charge in [0.15, 0.2) is 5.78 Å². The number of hydrogen-bond acceptors (Lipinski definition) is 3. The van der Waals surface area contributed by atoms with Gasteiger partial charge in [0, 0.05) is 23.1 Å². The molecule has 2 rings (SSSR count). The third-order valence-corrected chi connectivity index (χ3v) is 4.26. The Kier molecular flexibility index (Phi) is 3.20. The molecule has 0 aromatic heterocycles. The molecule has 4 heteroatoms. The van der Waals surface area contributed by atoms with Crippen molar-refractivity contribution in [3.05, 3.63) is 39.4 Å². The highest BCUT2D eigenvalue weighted by Crippen LogP contribution is 2.41. The van der Waals surface area contributed by atoms with E-state index in [-0.39, 0.29) is 16.9 Å². The van der Waals surface area contributed by atoms with Crippen LogP contribution in [0.2, 0.25) is 0 Å². The van der Waals surface area contributed by atoms with Gasteiger partial charge >= 0.3 is 0 Å². The molecule has 1 aliphatic carbocycles. The molecule has 0 unspecified atom stereocenters. The number of nitro groups is 1. The van der Waals surface area contributed by atoms with Crippen LogP contribution in [0.5, 0.6) is 0 Å². The minimum Gasteiger partial charge on any atom is -0.294 e. The first-order valence-electron chi connectivity index (χ1n) is 6.36. The molecule has 0 saturated heterocycles. The molecule has 1 aromatic rings. The molecule has 0 N–H and O–H groups in total. The van der Waals surface area contributed by atoms with E-state index in [1.165, 1.54) is 12.1 Å². The van der Waals surface area contributed by atoms with Gasteiger partial charge in [0.1, 0.15) is 0 Å². The van der Waals surface area contributed by atoms with E-state index in [1.54, 1.807) is 6.07 Å². The summed E-state index contributed by atoms with van der Waals surface area (Å²) in [6, 6.07) is 4.65. The predicted molar refractivity (Wildman–Crippen MR) is 68.8 cm³/mol. The standard InChI is InChI=1S/C14H17NO3/c1-3-14(4-2)8-7-10-5-6-11(15(17)18)9-12(10)13(14)16/h5-6,9H,3-4,7-8H2,1-2H3. The Labute approximate surface area is 106 Å². The van der Waals surface area contributed by atoms with E-state index in [4.69, 9.17) is 0 Å². The van der Waals surface area contributed by atoms with Gasteiger partial charge in [-0.25, -0.2) is 0 Å². The largest absolute Gasteiger partial charge is 0.294 e. The van der Waals surface area contributed by atoms with Crippen LogP contribution in [0.4, 0.5) is 5.69 Å². The summed E-state index contributed by atoms with van der Waals surface area (Å²) in [4.78, 5) is 22.9. The van der Waals surface area contributed by atoms with Crippen LogP contribution in [0.1, 0.15) is 49.0 Å². The molecule has 0 amide bonds. The van der Waals surface area contributed by atoms with Crippen molar-refractivity contribution < 1.29 is 9.72 Å². The summed E-state index contributed by atoms with van der Waals surface area (Å²) in [6.07, 6.45) is 3.28. The molecule has 1 aromatic carbocycles. The van der Waals surface area contributed by atoms with Gasteiger partial charge in [-0.05, 0) is 31.2 Å². The van der Waals surface area contributed by atoms with E-state index in [9.17, 15) is 14.9 Å². The Morgan fingerprint density at radius 2 is 2.00 bits per heavy atom. The van der Waals surface area contributed by atoms with Crippen molar-refractivity contribution >= 4 is 11.5 Å². The van der Waals surface area contributed by atoms with Crippen molar-refractivity contribution in [1.29, 1.82) is 0 Å². The summed E-state index contributed by atoms with van der Waals surface area (Å²) in [6.45, 7) is 4.04. The third kappa shape index (κ3) is 1.82. The number of carbonyl (C=O) groups is 1. The Balaban J connectivity index is 2.50. The maximum absolute atomic E-state index is 12.6. The smallest absolute Gasteiger partial charge is 0.270 e. The van der Waals surface area contributed by atoms with E-state index < -0.39 is 4.92 Å². The zero-order valence-corrected chi connectivity index (χ0v) is 10.7. The lowest BCUT2D eigenvalue weighted by Gasteiger charge is -2.34. The van der Waals surface area contributed by atoms with Crippen LogP contribution in [-0.2, 0) is 6.42 Å². The van der Waals surface area contributed by atoms with Gasteiger partial charge in [-0.1, -0.05) is 19.9 Å². The lowest BCUT2D eigenvalue weighted by Crippen LogP contribution is -2.35. The molecule has 0 aliphatic heterocycles. The predicted octanol–water partition coefficient (Wildman–Crippen LogP) is 3.53. The summed E-state index contributed by atoms with van der Waals surface area (Å²) < 4.78 is 0. The SMILES string of the molecule is CCC1(CC)CCc2ccc([N+](=O)[O-])cc2C1=O. The maximum atomic E-state index is 12.6. The van der Waals surface area contributed by atoms with E-state index in [1.807, 2.05) is 13.8 Å². The van der Waals surface area contributed by atoms with E-state index in [0.29, 0.717) is 5.56 Å². The van der Waals surface area contributed by atoms with Gasteiger partial charge in [-0.3, -0.25) is 14.9 Å². The van der Waals surface area contributed by atoms with Crippen LogP contribution in [0, 0.1) is 15.5 Å². The van der Waals surface area contributed by atoms with Gasteiger partial charge in [-0.15, -0.1) is 0 Å². The maximum Gasteiger partial charge on any atom is 0.270 e. The van der Waals surface area contributed by atoms with E-state index in [0.717, 1.165) is 31.2 Å². The number of ketones is 1. The second kappa shape index (κ2) is 4.52. The summed E-state index contributed by atoms with van der Waals surface area (Å²) in [7, 11) is 0. The molecular formula is C14H17NO3. The third-order valence-electron chi connectivity index (χ3n) is 4.26. The average molecular weight is 247 g/mol. The van der Waals surface area contributed by atoms with Gasteiger partial charge in [0.25, 0.3) is 5.69 Å². The van der Waals surface area contributed by atoms with Crippen LogP contribution in [-0.4, -0.2) is 10.7 Å². The van der Waals surface area contributed by atoms with E-state index >= 15 is 0 Å². The lowest BCUT2D eigenvalue weighted by atomic mass is 9.67. The van der Waals surface area contributed by atoms with Crippen molar-refractivity contribution in [2.24, 2.45) is 5.41 Å². The summed E-state index contributed by atoms with van der Waals surface area (Å²) in [5.41, 5.74) is 1.19.